The molecule has 0 spiro atoms. The third-order valence-electron chi connectivity index (χ3n) is 5.19. The van der Waals surface area contributed by atoms with Crippen molar-refractivity contribution >= 4 is 11.6 Å². The molecule has 0 aromatic heterocycles. The van der Waals surface area contributed by atoms with Gasteiger partial charge in [-0.15, -0.1) is 0 Å². The first-order chi connectivity index (χ1) is 14.5. The fourth-order valence-electron chi connectivity index (χ4n) is 3.76. The smallest absolute Gasteiger partial charge is 0.233 e. The molecular formula is C25H25F2NO2. The molecule has 3 nitrogen and oxygen atoms in total. The molecular weight excluding hydrogens is 384 g/mol. The van der Waals surface area contributed by atoms with Crippen molar-refractivity contribution in [1.29, 1.82) is 0 Å². The van der Waals surface area contributed by atoms with E-state index in [-0.39, 0.29) is 30.0 Å². The van der Waals surface area contributed by atoms with E-state index in [0.717, 1.165) is 5.56 Å². The monoisotopic (exact) mass is 409 g/mol. The topological polar surface area (TPSA) is 40.5 Å². The van der Waals surface area contributed by atoms with E-state index in [4.69, 9.17) is 0 Å². The standard InChI is InChI=1S/C23H19F2NO2.C2H6/c24-17-8-6-15(7-9-17)21(27)14-20-22(16-4-2-1-3-5-16)26(23(20)28)19-12-10-18(25)11-13-19;1-2/h1-13,20-22,27H,14H2;1-2H3. The summed E-state index contributed by atoms with van der Waals surface area (Å²) in [7, 11) is 0. The van der Waals surface area contributed by atoms with Crippen LogP contribution in [0.15, 0.2) is 78.9 Å². The molecule has 1 aliphatic heterocycles. The van der Waals surface area contributed by atoms with Crippen LogP contribution in [0.25, 0.3) is 0 Å². The van der Waals surface area contributed by atoms with Crippen molar-refractivity contribution in [3.63, 3.8) is 0 Å². The highest BCUT2D eigenvalue weighted by molar-refractivity contribution is 6.03. The van der Waals surface area contributed by atoms with E-state index in [2.05, 4.69) is 0 Å². The van der Waals surface area contributed by atoms with E-state index in [1.165, 1.54) is 36.4 Å². The Labute approximate surface area is 175 Å². The van der Waals surface area contributed by atoms with E-state index in [1.807, 2.05) is 44.2 Å². The first-order valence-corrected chi connectivity index (χ1v) is 10.1. The summed E-state index contributed by atoms with van der Waals surface area (Å²) in [4.78, 5) is 14.5. The number of carbonyl (C=O) groups excluding carboxylic acids is 1. The molecule has 0 radical (unpaired) electrons. The summed E-state index contributed by atoms with van der Waals surface area (Å²) in [5, 5.41) is 10.6. The fraction of sp³-hybridized carbons (Fsp3) is 0.240. The molecule has 3 atom stereocenters. The molecule has 1 fully saturated rings. The average Bonchev–Trinajstić information content (AvgIpc) is 2.79. The summed E-state index contributed by atoms with van der Waals surface area (Å²) in [6.07, 6.45) is -0.655. The van der Waals surface area contributed by atoms with Crippen molar-refractivity contribution < 1.29 is 18.7 Å². The van der Waals surface area contributed by atoms with Crippen LogP contribution in [-0.4, -0.2) is 11.0 Å². The molecule has 0 saturated carbocycles. The molecule has 1 N–H and O–H groups in total. The van der Waals surface area contributed by atoms with Crippen LogP contribution in [0.1, 0.15) is 43.5 Å². The van der Waals surface area contributed by atoms with Crippen molar-refractivity contribution in [2.24, 2.45) is 5.92 Å². The molecule has 0 bridgehead atoms. The lowest BCUT2D eigenvalue weighted by Gasteiger charge is -2.48. The van der Waals surface area contributed by atoms with Crippen LogP contribution < -0.4 is 4.90 Å². The molecule has 3 aromatic rings. The highest BCUT2D eigenvalue weighted by atomic mass is 19.1. The van der Waals surface area contributed by atoms with E-state index < -0.39 is 12.0 Å². The normalized spacial score (nSPS) is 18.8. The van der Waals surface area contributed by atoms with Gasteiger partial charge in [0.15, 0.2) is 0 Å². The predicted octanol–water partition coefficient (Wildman–Crippen LogP) is 5.82. The van der Waals surface area contributed by atoms with Gasteiger partial charge < -0.3 is 10.0 Å². The zero-order valence-corrected chi connectivity index (χ0v) is 17.0. The van der Waals surface area contributed by atoms with Crippen LogP contribution in [0.3, 0.4) is 0 Å². The van der Waals surface area contributed by atoms with Crippen molar-refractivity contribution in [3.8, 4) is 0 Å². The molecule has 5 heteroatoms. The Hall–Kier alpha value is -3.05. The van der Waals surface area contributed by atoms with Gasteiger partial charge in [-0.2, -0.15) is 0 Å². The minimum absolute atomic E-state index is 0.123. The number of halogens is 2. The number of β-lactam (4-membered cyclic amide) rings is 1. The molecule has 30 heavy (non-hydrogen) atoms. The van der Waals surface area contributed by atoms with Gasteiger partial charge in [0.25, 0.3) is 0 Å². The van der Waals surface area contributed by atoms with Crippen LogP contribution in [0, 0.1) is 17.6 Å². The quantitative estimate of drug-likeness (QED) is 0.540. The Morgan fingerprint density at radius 2 is 1.40 bits per heavy atom. The Bertz CT molecular complexity index is 959. The van der Waals surface area contributed by atoms with Crippen LogP contribution in [0.4, 0.5) is 14.5 Å². The zero-order valence-electron chi connectivity index (χ0n) is 17.0. The molecule has 1 amide bonds. The van der Waals surface area contributed by atoms with E-state index in [9.17, 15) is 18.7 Å². The Kier molecular flexibility index (Phi) is 6.95. The minimum Gasteiger partial charge on any atom is -0.388 e. The largest absolute Gasteiger partial charge is 0.388 e. The summed E-state index contributed by atoms with van der Waals surface area (Å²) < 4.78 is 26.4. The molecule has 3 aromatic carbocycles. The van der Waals surface area contributed by atoms with Gasteiger partial charge in [-0.1, -0.05) is 56.3 Å². The summed E-state index contributed by atoms with van der Waals surface area (Å²) in [6.45, 7) is 4.00. The van der Waals surface area contributed by atoms with Crippen molar-refractivity contribution in [1.82, 2.24) is 0 Å². The lowest BCUT2D eigenvalue weighted by atomic mass is 9.77. The summed E-state index contributed by atoms with van der Waals surface area (Å²) in [5.74, 6) is -1.29. The van der Waals surface area contributed by atoms with Crippen LogP contribution in [0.5, 0.6) is 0 Å². The van der Waals surface area contributed by atoms with Gasteiger partial charge in [0.1, 0.15) is 11.6 Å². The number of rotatable bonds is 5. The molecule has 0 aliphatic carbocycles. The number of benzene rings is 3. The zero-order chi connectivity index (χ0) is 21.7. The molecule has 1 saturated heterocycles. The second kappa shape index (κ2) is 9.63. The van der Waals surface area contributed by atoms with Crippen LogP contribution in [0.2, 0.25) is 0 Å². The van der Waals surface area contributed by atoms with Gasteiger partial charge in [0.05, 0.1) is 18.1 Å². The van der Waals surface area contributed by atoms with Gasteiger partial charge >= 0.3 is 0 Å². The molecule has 3 unspecified atom stereocenters. The molecule has 156 valence electrons. The third kappa shape index (κ3) is 4.41. The van der Waals surface area contributed by atoms with Gasteiger partial charge in [0.2, 0.25) is 5.91 Å². The third-order valence-corrected chi connectivity index (χ3v) is 5.19. The van der Waals surface area contributed by atoms with E-state index in [1.54, 1.807) is 17.0 Å². The lowest BCUT2D eigenvalue weighted by Crippen LogP contribution is -2.55. The number of amides is 1. The lowest BCUT2D eigenvalue weighted by molar-refractivity contribution is -0.132. The SMILES string of the molecule is CC.O=C1C(CC(O)c2ccc(F)cc2)C(c2ccccc2)N1c1ccc(F)cc1. The van der Waals surface area contributed by atoms with Crippen molar-refractivity contribution in [2.75, 3.05) is 4.90 Å². The fourth-order valence-corrected chi connectivity index (χ4v) is 3.76. The summed E-state index contributed by atoms with van der Waals surface area (Å²) in [5.41, 5.74) is 2.14. The maximum Gasteiger partial charge on any atom is 0.233 e. The Morgan fingerprint density at radius 3 is 1.97 bits per heavy atom. The predicted molar refractivity (Wildman–Crippen MR) is 114 cm³/mol. The first-order valence-electron chi connectivity index (χ1n) is 10.1. The van der Waals surface area contributed by atoms with Gasteiger partial charge in [0, 0.05) is 5.69 Å². The van der Waals surface area contributed by atoms with Crippen molar-refractivity contribution in [3.05, 3.63) is 102 Å². The molecule has 4 rings (SSSR count). The Balaban J connectivity index is 0.00000124. The Morgan fingerprint density at radius 1 is 0.867 bits per heavy atom. The van der Waals surface area contributed by atoms with Crippen LogP contribution >= 0.6 is 0 Å². The average molecular weight is 409 g/mol. The highest BCUT2D eigenvalue weighted by Crippen LogP contribution is 2.46. The number of anilines is 1. The number of aliphatic hydroxyl groups is 1. The van der Waals surface area contributed by atoms with Gasteiger partial charge in [-0.05, 0) is 53.9 Å². The van der Waals surface area contributed by atoms with Gasteiger partial charge in [-0.3, -0.25) is 4.79 Å². The van der Waals surface area contributed by atoms with E-state index >= 15 is 0 Å². The van der Waals surface area contributed by atoms with Crippen LogP contribution in [-0.2, 0) is 4.79 Å². The molecule has 1 aliphatic rings. The number of hydrogen-bond donors (Lipinski definition) is 1. The molecule has 1 heterocycles. The van der Waals surface area contributed by atoms with Crippen molar-refractivity contribution in [2.45, 2.75) is 32.4 Å². The number of aliphatic hydroxyl groups excluding tert-OH is 1. The highest BCUT2D eigenvalue weighted by Gasteiger charge is 2.49. The summed E-state index contributed by atoms with van der Waals surface area (Å²) >= 11 is 0. The maximum absolute atomic E-state index is 13.3. The number of nitrogens with zero attached hydrogens (tertiary/aromatic N) is 1. The first kappa shape index (κ1) is 21.7. The van der Waals surface area contributed by atoms with Gasteiger partial charge in [-0.25, -0.2) is 8.78 Å². The minimum atomic E-state index is -0.879. The number of carbonyl (C=O) groups is 1. The summed E-state index contributed by atoms with van der Waals surface area (Å²) in [6, 6.07) is 20.8. The van der Waals surface area contributed by atoms with E-state index in [0.29, 0.717) is 11.3 Å². The maximum atomic E-state index is 13.3. The second-order valence-corrected chi connectivity index (χ2v) is 6.95. The number of hydrogen-bond acceptors (Lipinski definition) is 2. The second-order valence-electron chi connectivity index (χ2n) is 6.95.